The number of aromatic nitrogens is 3. The molecule has 0 radical (unpaired) electrons. The molecule has 2 aliphatic heterocycles. The van der Waals surface area contributed by atoms with Crippen LogP contribution in [0.3, 0.4) is 0 Å². The highest BCUT2D eigenvalue weighted by Crippen LogP contribution is 2.32. The number of hydrogen-bond acceptors (Lipinski definition) is 7. The third-order valence-electron chi connectivity index (χ3n) is 5.76. The smallest absolute Gasteiger partial charge is 0.324 e. The van der Waals surface area contributed by atoms with E-state index >= 15 is 0 Å². The average molecular weight is 398 g/mol. The first-order valence-electron chi connectivity index (χ1n) is 10.2. The predicted octanol–water partition coefficient (Wildman–Crippen LogP) is 3.18. The van der Waals surface area contributed by atoms with Crippen molar-refractivity contribution in [1.82, 2.24) is 14.7 Å². The Hall–Kier alpha value is -2.58. The lowest BCUT2D eigenvalue weighted by atomic mass is 10.1. The first-order valence-corrected chi connectivity index (χ1v) is 10.2. The van der Waals surface area contributed by atoms with Crippen LogP contribution in [-0.4, -0.2) is 54.2 Å². The van der Waals surface area contributed by atoms with Gasteiger partial charge in [-0.3, -0.25) is 0 Å². The highest BCUT2D eigenvalue weighted by molar-refractivity contribution is 5.86. The molecule has 5 rings (SSSR count). The summed E-state index contributed by atoms with van der Waals surface area (Å²) in [5, 5.41) is 5.11. The Kier molecular flexibility index (Phi) is 5.12. The molecule has 0 spiro atoms. The van der Waals surface area contributed by atoms with Gasteiger partial charge < -0.3 is 28.2 Å². The van der Waals surface area contributed by atoms with E-state index < -0.39 is 0 Å². The number of piperidine rings is 1. The molecule has 0 aliphatic carbocycles. The molecule has 3 aromatic rings. The molecular weight excluding hydrogens is 372 g/mol. The molecule has 8 heteroatoms. The summed E-state index contributed by atoms with van der Waals surface area (Å²) in [4.78, 5) is 6.50. The Morgan fingerprint density at radius 2 is 2.07 bits per heavy atom. The fraction of sp³-hybridized carbons (Fsp3) is 0.524. The summed E-state index contributed by atoms with van der Waals surface area (Å²) in [6.07, 6.45) is 5.23. The SMILES string of the molecule is COCc1noc(N2CCC(Oc3cccc4c3ccn4C3CCOC3)CC2)n1. The summed E-state index contributed by atoms with van der Waals surface area (Å²) in [6.45, 7) is 3.65. The summed E-state index contributed by atoms with van der Waals surface area (Å²) in [7, 11) is 1.62. The molecule has 1 aromatic carbocycles. The van der Waals surface area contributed by atoms with Crippen LogP contribution in [0.2, 0.25) is 0 Å². The number of nitrogens with zero attached hydrogens (tertiary/aromatic N) is 4. The molecule has 0 saturated carbocycles. The molecule has 4 heterocycles. The second-order valence-electron chi connectivity index (χ2n) is 7.66. The van der Waals surface area contributed by atoms with Crippen LogP contribution in [-0.2, 0) is 16.1 Å². The Bertz CT molecular complexity index is 955. The van der Waals surface area contributed by atoms with Gasteiger partial charge in [0.15, 0.2) is 5.82 Å². The van der Waals surface area contributed by atoms with Gasteiger partial charge in [0.1, 0.15) is 18.5 Å². The van der Waals surface area contributed by atoms with Crippen molar-refractivity contribution in [3.63, 3.8) is 0 Å². The molecule has 1 unspecified atom stereocenters. The van der Waals surface area contributed by atoms with Gasteiger partial charge in [0.2, 0.25) is 0 Å². The Labute approximate surface area is 169 Å². The van der Waals surface area contributed by atoms with Gasteiger partial charge >= 0.3 is 6.01 Å². The molecule has 1 atom stereocenters. The van der Waals surface area contributed by atoms with Gasteiger partial charge in [-0.15, -0.1) is 0 Å². The summed E-state index contributed by atoms with van der Waals surface area (Å²) < 4.78 is 24.7. The summed E-state index contributed by atoms with van der Waals surface area (Å²) in [6, 6.07) is 9.45. The van der Waals surface area contributed by atoms with E-state index in [1.165, 1.54) is 10.9 Å². The molecule has 0 bridgehead atoms. The summed E-state index contributed by atoms with van der Waals surface area (Å²) >= 11 is 0. The lowest BCUT2D eigenvalue weighted by Crippen LogP contribution is -2.38. The maximum atomic E-state index is 6.41. The minimum absolute atomic E-state index is 0.177. The minimum atomic E-state index is 0.177. The number of hydrogen-bond donors (Lipinski definition) is 0. The predicted molar refractivity (Wildman–Crippen MR) is 107 cm³/mol. The number of anilines is 1. The van der Waals surface area contributed by atoms with E-state index in [1.54, 1.807) is 7.11 Å². The molecule has 2 saturated heterocycles. The molecule has 0 amide bonds. The maximum Gasteiger partial charge on any atom is 0.324 e. The van der Waals surface area contributed by atoms with E-state index in [-0.39, 0.29) is 6.10 Å². The van der Waals surface area contributed by atoms with E-state index in [9.17, 15) is 0 Å². The number of fused-ring (bicyclic) bond motifs is 1. The van der Waals surface area contributed by atoms with Crippen LogP contribution in [0, 0.1) is 0 Å². The maximum absolute atomic E-state index is 6.41. The number of methoxy groups -OCH3 is 1. The molecule has 2 aliphatic rings. The van der Waals surface area contributed by atoms with Crippen molar-refractivity contribution in [2.45, 2.75) is 38.0 Å². The van der Waals surface area contributed by atoms with Crippen molar-refractivity contribution in [2.75, 3.05) is 38.3 Å². The van der Waals surface area contributed by atoms with Gasteiger partial charge in [-0.1, -0.05) is 11.2 Å². The zero-order valence-corrected chi connectivity index (χ0v) is 16.6. The average Bonchev–Trinajstić information content (AvgIpc) is 3.49. The Morgan fingerprint density at radius 1 is 1.17 bits per heavy atom. The fourth-order valence-corrected chi connectivity index (χ4v) is 4.23. The topological polar surface area (TPSA) is 74.8 Å². The van der Waals surface area contributed by atoms with Crippen molar-refractivity contribution >= 4 is 16.9 Å². The second-order valence-corrected chi connectivity index (χ2v) is 7.66. The number of rotatable bonds is 6. The molecule has 8 nitrogen and oxygen atoms in total. The quantitative estimate of drug-likeness (QED) is 0.631. The molecule has 0 N–H and O–H groups in total. The van der Waals surface area contributed by atoms with Gasteiger partial charge in [-0.25, -0.2) is 0 Å². The third-order valence-corrected chi connectivity index (χ3v) is 5.76. The van der Waals surface area contributed by atoms with Gasteiger partial charge in [-0.05, 0) is 24.6 Å². The highest BCUT2D eigenvalue weighted by atomic mass is 16.5. The second kappa shape index (κ2) is 8.04. The van der Waals surface area contributed by atoms with E-state index in [0.29, 0.717) is 24.5 Å². The molecule has 2 fully saturated rings. The van der Waals surface area contributed by atoms with Crippen LogP contribution in [0.4, 0.5) is 6.01 Å². The van der Waals surface area contributed by atoms with Crippen molar-refractivity contribution in [3.8, 4) is 5.75 Å². The first-order chi connectivity index (χ1) is 14.3. The van der Waals surface area contributed by atoms with E-state index in [1.807, 2.05) is 0 Å². The van der Waals surface area contributed by atoms with Crippen LogP contribution >= 0.6 is 0 Å². The van der Waals surface area contributed by atoms with E-state index in [4.69, 9.17) is 18.7 Å². The zero-order valence-electron chi connectivity index (χ0n) is 16.6. The van der Waals surface area contributed by atoms with Crippen molar-refractivity contribution in [3.05, 3.63) is 36.3 Å². The fourth-order valence-electron chi connectivity index (χ4n) is 4.23. The monoisotopic (exact) mass is 398 g/mol. The molecular formula is C21H26N4O4. The lowest BCUT2D eigenvalue weighted by molar-refractivity contribution is 0.170. The van der Waals surface area contributed by atoms with Gasteiger partial charge in [0.05, 0.1) is 18.2 Å². The van der Waals surface area contributed by atoms with Crippen LogP contribution in [0.5, 0.6) is 5.75 Å². The van der Waals surface area contributed by atoms with Gasteiger partial charge in [-0.2, -0.15) is 4.98 Å². The first kappa shape index (κ1) is 18.4. The van der Waals surface area contributed by atoms with Crippen LogP contribution in [0.25, 0.3) is 10.9 Å². The number of ether oxygens (including phenoxy) is 3. The largest absolute Gasteiger partial charge is 0.490 e. The summed E-state index contributed by atoms with van der Waals surface area (Å²) in [5.41, 5.74) is 1.21. The van der Waals surface area contributed by atoms with Gasteiger partial charge in [0.25, 0.3) is 0 Å². The number of benzene rings is 1. The Morgan fingerprint density at radius 3 is 2.86 bits per heavy atom. The molecule has 29 heavy (non-hydrogen) atoms. The highest BCUT2D eigenvalue weighted by Gasteiger charge is 2.25. The zero-order chi connectivity index (χ0) is 19.6. The van der Waals surface area contributed by atoms with Crippen LogP contribution in [0.1, 0.15) is 31.1 Å². The standard InChI is InChI=1S/C21H26N4O4/c1-26-14-20-22-21(29-23-20)24-9-5-16(6-10-24)28-19-4-2-3-18-17(19)7-11-25(18)15-8-12-27-13-15/h2-4,7,11,15-16H,5-6,8-10,12-14H2,1H3. The normalized spacial score (nSPS) is 20.6. The molecule has 154 valence electrons. The van der Waals surface area contributed by atoms with Crippen molar-refractivity contribution in [2.24, 2.45) is 0 Å². The van der Waals surface area contributed by atoms with Crippen molar-refractivity contribution < 1.29 is 18.7 Å². The van der Waals surface area contributed by atoms with Gasteiger partial charge in [0, 0.05) is 51.2 Å². The van der Waals surface area contributed by atoms with Crippen molar-refractivity contribution in [1.29, 1.82) is 0 Å². The lowest BCUT2D eigenvalue weighted by Gasteiger charge is -2.30. The summed E-state index contributed by atoms with van der Waals surface area (Å²) in [5.74, 6) is 1.53. The van der Waals surface area contributed by atoms with E-state index in [2.05, 4.69) is 50.1 Å². The van der Waals surface area contributed by atoms with E-state index in [0.717, 1.165) is 51.3 Å². The third kappa shape index (κ3) is 3.70. The molecule has 2 aromatic heterocycles. The Balaban J connectivity index is 1.25. The van der Waals surface area contributed by atoms with Crippen LogP contribution < -0.4 is 9.64 Å². The van der Waals surface area contributed by atoms with Crippen LogP contribution in [0.15, 0.2) is 35.0 Å². The minimum Gasteiger partial charge on any atom is -0.490 e.